The van der Waals surface area contributed by atoms with Gasteiger partial charge in [-0.1, -0.05) is 31.2 Å². The molecule has 1 heterocycles. The lowest BCUT2D eigenvalue weighted by Gasteiger charge is -2.07. The SMILES string of the molecule is CCc1ccc2c(=O)cc(-c3ccccc3C(=O)O)oc2c1. The Labute approximate surface area is 126 Å². The summed E-state index contributed by atoms with van der Waals surface area (Å²) in [6.07, 6.45) is 0.829. The lowest BCUT2D eigenvalue weighted by Crippen LogP contribution is -2.03. The lowest BCUT2D eigenvalue weighted by molar-refractivity contribution is 0.0697. The van der Waals surface area contributed by atoms with Crippen LogP contribution in [0, 0.1) is 0 Å². The Bertz CT molecular complexity index is 922. The van der Waals surface area contributed by atoms with Crippen LogP contribution in [0.4, 0.5) is 0 Å². The predicted molar refractivity (Wildman–Crippen MR) is 84.3 cm³/mol. The van der Waals surface area contributed by atoms with E-state index in [9.17, 15) is 14.7 Å². The molecule has 3 aromatic rings. The molecule has 0 unspecified atom stereocenters. The summed E-state index contributed by atoms with van der Waals surface area (Å²) in [5.41, 5.74) is 1.85. The van der Waals surface area contributed by atoms with E-state index in [-0.39, 0.29) is 16.8 Å². The number of rotatable bonds is 3. The van der Waals surface area contributed by atoms with Crippen LogP contribution in [0.1, 0.15) is 22.8 Å². The maximum absolute atomic E-state index is 12.2. The molecule has 0 aliphatic heterocycles. The van der Waals surface area contributed by atoms with E-state index in [0.29, 0.717) is 16.5 Å². The van der Waals surface area contributed by atoms with E-state index in [1.165, 1.54) is 12.1 Å². The van der Waals surface area contributed by atoms with Crippen LogP contribution < -0.4 is 5.43 Å². The average Bonchev–Trinajstić information content (AvgIpc) is 2.54. The zero-order valence-electron chi connectivity index (χ0n) is 12.0. The van der Waals surface area contributed by atoms with Gasteiger partial charge in [-0.25, -0.2) is 4.79 Å². The summed E-state index contributed by atoms with van der Waals surface area (Å²) < 4.78 is 5.80. The number of fused-ring (bicyclic) bond motifs is 1. The van der Waals surface area contributed by atoms with E-state index in [4.69, 9.17) is 4.42 Å². The summed E-state index contributed by atoms with van der Waals surface area (Å²) in [5.74, 6) is -0.788. The van der Waals surface area contributed by atoms with Gasteiger partial charge >= 0.3 is 5.97 Å². The molecule has 0 bridgehead atoms. The molecule has 4 nitrogen and oxygen atoms in total. The number of aromatic carboxylic acids is 1. The summed E-state index contributed by atoms with van der Waals surface area (Å²) in [6.45, 7) is 2.02. The number of hydrogen-bond donors (Lipinski definition) is 1. The van der Waals surface area contributed by atoms with Crippen LogP contribution in [0.15, 0.2) is 57.7 Å². The third kappa shape index (κ3) is 2.39. The second-order valence-corrected chi connectivity index (χ2v) is 5.01. The molecule has 0 aliphatic rings. The smallest absolute Gasteiger partial charge is 0.336 e. The van der Waals surface area contributed by atoms with Gasteiger partial charge in [0.05, 0.1) is 10.9 Å². The van der Waals surface area contributed by atoms with E-state index < -0.39 is 5.97 Å². The number of carboxylic acid groups (broad SMARTS) is 1. The molecular weight excluding hydrogens is 280 g/mol. The average molecular weight is 294 g/mol. The second-order valence-electron chi connectivity index (χ2n) is 5.01. The van der Waals surface area contributed by atoms with Gasteiger partial charge in [-0.15, -0.1) is 0 Å². The highest BCUT2D eigenvalue weighted by Gasteiger charge is 2.14. The van der Waals surface area contributed by atoms with Gasteiger partial charge in [-0.2, -0.15) is 0 Å². The molecule has 0 spiro atoms. The molecule has 0 saturated carbocycles. The highest BCUT2D eigenvalue weighted by Crippen LogP contribution is 2.26. The zero-order valence-corrected chi connectivity index (χ0v) is 12.0. The Hall–Kier alpha value is -2.88. The van der Waals surface area contributed by atoms with Gasteiger partial charge in [0.15, 0.2) is 5.43 Å². The summed E-state index contributed by atoms with van der Waals surface area (Å²) in [5, 5.41) is 9.77. The second kappa shape index (κ2) is 5.48. The molecule has 0 amide bonds. The molecule has 0 aliphatic carbocycles. The van der Waals surface area contributed by atoms with Crippen LogP contribution in [0.3, 0.4) is 0 Å². The highest BCUT2D eigenvalue weighted by atomic mass is 16.4. The van der Waals surface area contributed by atoms with Crippen molar-refractivity contribution in [1.82, 2.24) is 0 Å². The van der Waals surface area contributed by atoms with Crippen molar-refractivity contribution in [2.24, 2.45) is 0 Å². The zero-order chi connectivity index (χ0) is 15.7. The van der Waals surface area contributed by atoms with Gasteiger partial charge < -0.3 is 9.52 Å². The molecule has 0 fully saturated rings. The van der Waals surface area contributed by atoms with Crippen LogP contribution in [0.2, 0.25) is 0 Å². The summed E-state index contributed by atoms with van der Waals surface area (Å²) >= 11 is 0. The van der Waals surface area contributed by atoms with Gasteiger partial charge in [0.2, 0.25) is 0 Å². The maximum Gasteiger partial charge on any atom is 0.336 e. The molecule has 1 aromatic heterocycles. The Balaban J connectivity index is 2.28. The van der Waals surface area contributed by atoms with Crippen LogP contribution >= 0.6 is 0 Å². The third-order valence-electron chi connectivity index (χ3n) is 3.62. The third-order valence-corrected chi connectivity index (χ3v) is 3.62. The lowest BCUT2D eigenvalue weighted by atomic mass is 10.0. The van der Waals surface area contributed by atoms with Gasteiger partial charge in [0, 0.05) is 11.6 Å². The van der Waals surface area contributed by atoms with Gasteiger partial charge in [0.1, 0.15) is 11.3 Å². The summed E-state index contributed by atoms with van der Waals surface area (Å²) in [7, 11) is 0. The van der Waals surface area contributed by atoms with E-state index in [1.54, 1.807) is 24.3 Å². The van der Waals surface area contributed by atoms with E-state index in [1.807, 2.05) is 19.1 Å². The summed E-state index contributed by atoms with van der Waals surface area (Å²) in [4.78, 5) is 23.6. The molecule has 2 aromatic carbocycles. The number of carbonyl (C=O) groups is 1. The molecule has 3 rings (SSSR count). The molecule has 0 atom stereocenters. The predicted octanol–water partition coefficient (Wildman–Crippen LogP) is 3.72. The minimum atomic E-state index is -1.05. The Morgan fingerprint density at radius 2 is 1.91 bits per heavy atom. The van der Waals surface area contributed by atoms with Gasteiger partial charge in [0.25, 0.3) is 0 Å². The Kier molecular flexibility index (Phi) is 3.51. The van der Waals surface area contributed by atoms with Crippen molar-refractivity contribution in [1.29, 1.82) is 0 Å². The first-order valence-corrected chi connectivity index (χ1v) is 6.99. The minimum Gasteiger partial charge on any atom is -0.478 e. The number of carboxylic acids is 1. The fourth-order valence-electron chi connectivity index (χ4n) is 2.44. The van der Waals surface area contributed by atoms with E-state index in [0.717, 1.165) is 12.0 Å². The number of hydrogen-bond acceptors (Lipinski definition) is 3. The Morgan fingerprint density at radius 1 is 1.14 bits per heavy atom. The normalized spacial score (nSPS) is 10.8. The van der Waals surface area contributed by atoms with Crippen molar-refractivity contribution in [2.75, 3.05) is 0 Å². The highest BCUT2D eigenvalue weighted by molar-refractivity contribution is 5.95. The topological polar surface area (TPSA) is 67.5 Å². The number of benzene rings is 2. The van der Waals surface area contributed by atoms with Crippen molar-refractivity contribution < 1.29 is 14.3 Å². The summed E-state index contributed by atoms with van der Waals surface area (Å²) in [6, 6.07) is 13.3. The maximum atomic E-state index is 12.2. The minimum absolute atomic E-state index is 0.108. The van der Waals surface area contributed by atoms with Crippen LogP contribution in [0.25, 0.3) is 22.3 Å². The standard InChI is InChI=1S/C18H14O4/c1-2-11-7-8-14-15(19)10-17(22-16(14)9-11)12-5-3-4-6-13(12)18(20)21/h3-10H,2H2,1H3,(H,20,21). The molecule has 110 valence electrons. The molecule has 4 heteroatoms. The van der Waals surface area contributed by atoms with Crippen molar-refractivity contribution >= 4 is 16.9 Å². The largest absolute Gasteiger partial charge is 0.478 e. The molecule has 22 heavy (non-hydrogen) atoms. The van der Waals surface area contributed by atoms with Crippen LogP contribution in [-0.2, 0) is 6.42 Å². The first kappa shape index (κ1) is 14.1. The van der Waals surface area contributed by atoms with Crippen molar-refractivity contribution in [2.45, 2.75) is 13.3 Å². The van der Waals surface area contributed by atoms with Crippen molar-refractivity contribution in [3.63, 3.8) is 0 Å². The monoisotopic (exact) mass is 294 g/mol. The van der Waals surface area contributed by atoms with Crippen LogP contribution in [-0.4, -0.2) is 11.1 Å². The van der Waals surface area contributed by atoms with Gasteiger partial charge in [-0.05, 0) is 30.2 Å². The van der Waals surface area contributed by atoms with Crippen molar-refractivity contribution in [3.05, 3.63) is 69.9 Å². The van der Waals surface area contributed by atoms with Gasteiger partial charge in [-0.3, -0.25) is 4.79 Å². The molecule has 0 saturated heterocycles. The van der Waals surface area contributed by atoms with Crippen LogP contribution in [0.5, 0.6) is 0 Å². The first-order valence-electron chi connectivity index (χ1n) is 6.99. The van der Waals surface area contributed by atoms with E-state index >= 15 is 0 Å². The van der Waals surface area contributed by atoms with E-state index in [2.05, 4.69) is 0 Å². The van der Waals surface area contributed by atoms with Crippen molar-refractivity contribution in [3.8, 4) is 11.3 Å². The first-order chi connectivity index (χ1) is 10.6. The quantitative estimate of drug-likeness (QED) is 0.799. The molecular formula is C18H14O4. The fourth-order valence-corrected chi connectivity index (χ4v) is 2.44. The number of aryl methyl sites for hydroxylation is 1. The molecule has 1 N–H and O–H groups in total. The fraction of sp³-hybridized carbons (Fsp3) is 0.111. The Morgan fingerprint density at radius 3 is 2.64 bits per heavy atom. The molecule has 0 radical (unpaired) electrons.